The lowest BCUT2D eigenvalue weighted by molar-refractivity contribution is -0.116. The second-order valence-corrected chi connectivity index (χ2v) is 6.03. The summed E-state index contributed by atoms with van der Waals surface area (Å²) in [5.74, 6) is 0.0619. The standard InChI is InChI=1S/C15H17N3OS/c1-9-4-5-20-14(9)8-17-13-6-10-2-3-15(19)18-12(10)7-11(13)16/h4-7,17H,2-3,8,16H2,1H3,(H,18,19). The maximum Gasteiger partial charge on any atom is 0.224 e. The van der Waals surface area contributed by atoms with Crippen LogP contribution in [0.1, 0.15) is 22.4 Å². The van der Waals surface area contributed by atoms with Crippen molar-refractivity contribution in [2.45, 2.75) is 26.3 Å². The molecule has 20 heavy (non-hydrogen) atoms. The molecule has 1 aromatic carbocycles. The molecule has 0 radical (unpaired) electrons. The van der Waals surface area contributed by atoms with Gasteiger partial charge in [0.2, 0.25) is 5.91 Å². The lowest BCUT2D eigenvalue weighted by atomic mass is 10.0. The third kappa shape index (κ3) is 2.49. The molecule has 0 atom stereocenters. The van der Waals surface area contributed by atoms with Gasteiger partial charge in [-0.25, -0.2) is 0 Å². The third-order valence-corrected chi connectivity index (χ3v) is 4.60. The van der Waals surface area contributed by atoms with Crippen LogP contribution in [-0.4, -0.2) is 5.91 Å². The molecule has 0 fully saturated rings. The van der Waals surface area contributed by atoms with Gasteiger partial charge in [-0.05, 0) is 48.1 Å². The van der Waals surface area contributed by atoms with Crippen LogP contribution in [-0.2, 0) is 17.8 Å². The van der Waals surface area contributed by atoms with Crippen molar-refractivity contribution in [1.29, 1.82) is 0 Å². The zero-order valence-corrected chi connectivity index (χ0v) is 12.1. The number of fused-ring (bicyclic) bond motifs is 1. The fraction of sp³-hybridized carbons (Fsp3) is 0.267. The van der Waals surface area contributed by atoms with Crippen molar-refractivity contribution in [3.05, 3.63) is 39.6 Å². The first-order valence-corrected chi connectivity index (χ1v) is 7.50. The summed E-state index contributed by atoms with van der Waals surface area (Å²) >= 11 is 1.74. The van der Waals surface area contributed by atoms with Crippen molar-refractivity contribution in [2.24, 2.45) is 0 Å². The average Bonchev–Trinajstić information content (AvgIpc) is 2.82. The van der Waals surface area contributed by atoms with Crippen LogP contribution in [0.3, 0.4) is 0 Å². The Balaban J connectivity index is 1.80. The Labute approximate surface area is 122 Å². The van der Waals surface area contributed by atoms with E-state index in [1.807, 2.05) is 12.1 Å². The molecule has 0 saturated carbocycles. The number of aryl methyl sites for hydroxylation is 2. The van der Waals surface area contributed by atoms with E-state index in [0.29, 0.717) is 12.1 Å². The Morgan fingerprint density at radius 2 is 2.25 bits per heavy atom. The van der Waals surface area contributed by atoms with Gasteiger partial charge in [0.15, 0.2) is 0 Å². The van der Waals surface area contributed by atoms with Crippen molar-refractivity contribution < 1.29 is 4.79 Å². The zero-order valence-electron chi connectivity index (χ0n) is 11.3. The summed E-state index contributed by atoms with van der Waals surface area (Å²) in [6.45, 7) is 2.89. The molecule has 1 aliphatic rings. The van der Waals surface area contributed by atoms with Crippen LogP contribution in [0.25, 0.3) is 0 Å². The SMILES string of the molecule is Cc1ccsc1CNc1cc2c(cc1N)NC(=O)CC2. The first-order chi connectivity index (χ1) is 9.63. The van der Waals surface area contributed by atoms with Crippen LogP contribution < -0.4 is 16.4 Å². The van der Waals surface area contributed by atoms with Crippen molar-refractivity contribution in [3.8, 4) is 0 Å². The molecule has 2 heterocycles. The highest BCUT2D eigenvalue weighted by atomic mass is 32.1. The molecule has 3 rings (SSSR count). The van der Waals surface area contributed by atoms with Crippen LogP contribution >= 0.6 is 11.3 Å². The molecule has 0 spiro atoms. The summed E-state index contributed by atoms with van der Waals surface area (Å²) in [7, 11) is 0. The van der Waals surface area contributed by atoms with Gasteiger partial charge in [0, 0.05) is 23.5 Å². The molecule has 1 aromatic heterocycles. The lowest BCUT2D eigenvalue weighted by Crippen LogP contribution is -2.19. The number of nitrogens with one attached hydrogen (secondary N) is 2. The van der Waals surface area contributed by atoms with Crippen LogP contribution in [0.5, 0.6) is 0 Å². The minimum Gasteiger partial charge on any atom is -0.397 e. The molecule has 104 valence electrons. The summed E-state index contributed by atoms with van der Waals surface area (Å²) in [4.78, 5) is 12.7. The maximum atomic E-state index is 11.4. The van der Waals surface area contributed by atoms with Crippen LogP contribution in [0.2, 0.25) is 0 Å². The van der Waals surface area contributed by atoms with E-state index in [1.54, 1.807) is 11.3 Å². The van der Waals surface area contributed by atoms with Crippen molar-refractivity contribution in [2.75, 3.05) is 16.4 Å². The minimum absolute atomic E-state index is 0.0619. The van der Waals surface area contributed by atoms with Gasteiger partial charge >= 0.3 is 0 Å². The number of benzene rings is 1. The first-order valence-electron chi connectivity index (χ1n) is 6.62. The van der Waals surface area contributed by atoms with Crippen molar-refractivity contribution in [3.63, 3.8) is 0 Å². The number of hydrogen-bond acceptors (Lipinski definition) is 4. The molecular weight excluding hydrogens is 270 g/mol. The Bertz CT molecular complexity index is 663. The number of amides is 1. The Morgan fingerprint density at radius 1 is 1.40 bits per heavy atom. The van der Waals surface area contributed by atoms with E-state index in [1.165, 1.54) is 10.4 Å². The van der Waals surface area contributed by atoms with Crippen LogP contribution in [0, 0.1) is 6.92 Å². The largest absolute Gasteiger partial charge is 0.397 e. The second kappa shape index (κ2) is 5.17. The zero-order chi connectivity index (χ0) is 14.1. The van der Waals surface area contributed by atoms with Gasteiger partial charge in [0.05, 0.1) is 11.4 Å². The summed E-state index contributed by atoms with van der Waals surface area (Å²) in [6, 6.07) is 6.01. The number of nitrogen functional groups attached to an aromatic ring is 1. The molecule has 0 bridgehead atoms. The topological polar surface area (TPSA) is 67.2 Å². The van der Waals surface area contributed by atoms with Crippen molar-refractivity contribution >= 4 is 34.3 Å². The molecule has 4 N–H and O–H groups in total. The average molecular weight is 287 g/mol. The Hall–Kier alpha value is -2.01. The molecule has 5 heteroatoms. The van der Waals surface area contributed by atoms with E-state index in [9.17, 15) is 4.79 Å². The number of thiophene rings is 1. The normalized spacial score (nSPS) is 13.8. The number of carbonyl (C=O) groups is 1. The number of carbonyl (C=O) groups excluding carboxylic acids is 1. The minimum atomic E-state index is 0.0619. The van der Waals surface area contributed by atoms with Gasteiger partial charge in [-0.15, -0.1) is 11.3 Å². The summed E-state index contributed by atoms with van der Waals surface area (Å²) in [6.07, 6.45) is 1.31. The summed E-state index contributed by atoms with van der Waals surface area (Å²) in [5, 5.41) is 8.35. The third-order valence-electron chi connectivity index (χ3n) is 3.58. The fourth-order valence-corrected chi connectivity index (χ4v) is 3.21. The number of hydrogen-bond donors (Lipinski definition) is 3. The van der Waals surface area contributed by atoms with Gasteiger partial charge < -0.3 is 16.4 Å². The second-order valence-electron chi connectivity index (χ2n) is 5.03. The quantitative estimate of drug-likeness (QED) is 0.760. The summed E-state index contributed by atoms with van der Waals surface area (Å²) < 4.78 is 0. The predicted molar refractivity (Wildman–Crippen MR) is 84.2 cm³/mol. The van der Waals surface area contributed by atoms with E-state index in [0.717, 1.165) is 29.9 Å². The number of rotatable bonds is 3. The van der Waals surface area contributed by atoms with Crippen LogP contribution in [0.4, 0.5) is 17.1 Å². The number of nitrogens with two attached hydrogens (primary N) is 1. The van der Waals surface area contributed by atoms with Crippen LogP contribution in [0.15, 0.2) is 23.6 Å². The molecule has 2 aromatic rings. The highest BCUT2D eigenvalue weighted by Crippen LogP contribution is 2.31. The van der Waals surface area contributed by atoms with E-state index < -0.39 is 0 Å². The molecule has 1 aliphatic heterocycles. The van der Waals surface area contributed by atoms with E-state index in [4.69, 9.17) is 5.73 Å². The van der Waals surface area contributed by atoms with Gasteiger partial charge in [0.1, 0.15) is 0 Å². The monoisotopic (exact) mass is 287 g/mol. The lowest BCUT2D eigenvalue weighted by Gasteiger charge is -2.19. The molecule has 0 aliphatic carbocycles. The maximum absolute atomic E-state index is 11.4. The van der Waals surface area contributed by atoms with Crippen molar-refractivity contribution in [1.82, 2.24) is 0 Å². The predicted octanol–water partition coefficient (Wildman–Crippen LogP) is 3.14. The van der Waals surface area contributed by atoms with Gasteiger partial charge in [-0.3, -0.25) is 4.79 Å². The number of anilines is 3. The highest BCUT2D eigenvalue weighted by Gasteiger charge is 2.16. The molecule has 0 saturated heterocycles. The van der Waals surface area contributed by atoms with E-state index in [-0.39, 0.29) is 5.91 Å². The molecular formula is C15H17N3OS. The Kier molecular flexibility index (Phi) is 3.36. The van der Waals surface area contributed by atoms with E-state index >= 15 is 0 Å². The van der Waals surface area contributed by atoms with Gasteiger partial charge in [-0.2, -0.15) is 0 Å². The molecule has 0 unspecified atom stereocenters. The van der Waals surface area contributed by atoms with Gasteiger partial charge in [-0.1, -0.05) is 0 Å². The Morgan fingerprint density at radius 3 is 3.00 bits per heavy atom. The molecule has 4 nitrogen and oxygen atoms in total. The summed E-state index contributed by atoms with van der Waals surface area (Å²) in [5.41, 5.74) is 10.9. The van der Waals surface area contributed by atoms with Gasteiger partial charge in [0.25, 0.3) is 0 Å². The molecule has 1 amide bonds. The fourth-order valence-electron chi connectivity index (χ4n) is 2.36. The highest BCUT2D eigenvalue weighted by molar-refractivity contribution is 7.10. The van der Waals surface area contributed by atoms with E-state index in [2.05, 4.69) is 29.0 Å². The first kappa shape index (κ1) is 13.0. The smallest absolute Gasteiger partial charge is 0.224 e.